The van der Waals surface area contributed by atoms with Gasteiger partial charge in [0.1, 0.15) is 17.2 Å². The fraction of sp³-hybridized carbons (Fsp3) is 0.588. The first-order valence-corrected chi connectivity index (χ1v) is 22.8. The van der Waals surface area contributed by atoms with Crippen LogP contribution in [0.2, 0.25) is 0 Å². The number of aromatic hydroxyl groups is 3. The molecule has 3 atom stereocenters. The molecule has 4 rings (SSSR count). The maximum absolute atomic E-state index is 14.6. The van der Waals surface area contributed by atoms with Crippen LogP contribution in [-0.4, -0.2) is 29.0 Å². The largest absolute Gasteiger partial charge is 0.507 e. The molecular formula is C51H75N3O6. The SMILES string of the molecule is CCCCCC(C)c1cc(C)c(Cn2c(=O)n(Cc3c(C)cc(C(C)CCCCC)c(O)c3C)c(=O)n(Cc3c(C)cc(C(C)CCCCC)c(O)c3C)c2=O)c(C)c1O. The number of nitrogens with zero attached hydrogens (tertiary/aromatic N) is 3. The molecule has 0 radical (unpaired) electrons. The van der Waals surface area contributed by atoms with E-state index in [4.69, 9.17) is 0 Å². The lowest BCUT2D eigenvalue weighted by Gasteiger charge is -2.23. The van der Waals surface area contributed by atoms with Crippen molar-refractivity contribution >= 4 is 0 Å². The van der Waals surface area contributed by atoms with Crippen molar-refractivity contribution in [2.24, 2.45) is 0 Å². The first kappa shape index (κ1) is 48.1. The Labute approximate surface area is 359 Å². The zero-order valence-electron chi connectivity index (χ0n) is 39.0. The molecule has 60 heavy (non-hydrogen) atoms. The molecule has 0 bridgehead atoms. The van der Waals surface area contributed by atoms with Crippen molar-refractivity contribution in [3.05, 3.63) is 116 Å². The molecule has 1 heterocycles. The molecular weight excluding hydrogens is 751 g/mol. The first-order valence-electron chi connectivity index (χ1n) is 22.8. The Hall–Kier alpha value is -4.53. The smallest absolute Gasteiger partial charge is 0.336 e. The van der Waals surface area contributed by atoms with Crippen LogP contribution in [0.4, 0.5) is 0 Å². The Morgan fingerprint density at radius 2 is 0.667 bits per heavy atom. The Balaban J connectivity index is 1.92. The molecule has 0 aliphatic rings. The lowest BCUT2D eigenvalue weighted by Crippen LogP contribution is -2.55. The third-order valence-electron chi connectivity index (χ3n) is 13.4. The predicted molar refractivity (Wildman–Crippen MR) is 247 cm³/mol. The minimum atomic E-state index is -0.764. The number of rotatable bonds is 21. The summed E-state index contributed by atoms with van der Waals surface area (Å²) in [5, 5.41) is 34.6. The van der Waals surface area contributed by atoms with Crippen LogP contribution in [0.15, 0.2) is 32.6 Å². The number of hydrogen-bond acceptors (Lipinski definition) is 6. The summed E-state index contributed by atoms with van der Waals surface area (Å²) < 4.78 is 3.30. The fourth-order valence-electron chi connectivity index (χ4n) is 9.12. The van der Waals surface area contributed by atoms with Crippen LogP contribution < -0.4 is 17.1 Å². The van der Waals surface area contributed by atoms with Crippen LogP contribution in [0.1, 0.15) is 203 Å². The number of phenols is 3. The van der Waals surface area contributed by atoms with Gasteiger partial charge in [-0.2, -0.15) is 0 Å². The van der Waals surface area contributed by atoms with E-state index in [2.05, 4.69) is 41.5 Å². The molecule has 0 saturated heterocycles. The molecule has 0 aliphatic heterocycles. The molecule has 3 N–H and O–H groups in total. The van der Waals surface area contributed by atoms with Crippen molar-refractivity contribution in [1.29, 1.82) is 0 Å². The van der Waals surface area contributed by atoms with E-state index < -0.39 is 17.1 Å². The van der Waals surface area contributed by atoms with E-state index in [1.54, 1.807) is 0 Å². The number of aromatic nitrogens is 3. The van der Waals surface area contributed by atoms with Gasteiger partial charge in [0.2, 0.25) is 0 Å². The number of unbranched alkanes of at least 4 members (excludes halogenated alkanes) is 6. The van der Waals surface area contributed by atoms with E-state index >= 15 is 0 Å². The lowest BCUT2D eigenvalue weighted by atomic mass is 9.88. The van der Waals surface area contributed by atoms with Crippen LogP contribution in [0.25, 0.3) is 0 Å². The number of aryl methyl sites for hydroxylation is 3. The zero-order chi connectivity index (χ0) is 44.6. The second-order valence-electron chi connectivity index (χ2n) is 18.0. The van der Waals surface area contributed by atoms with Crippen LogP contribution in [-0.2, 0) is 19.6 Å². The molecule has 0 amide bonds. The first-order chi connectivity index (χ1) is 28.4. The summed E-state index contributed by atoms with van der Waals surface area (Å²) in [6.07, 6.45) is 12.7. The van der Waals surface area contributed by atoms with Crippen molar-refractivity contribution < 1.29 is 15.3 Å². The molecule has 0 aliphatic carbocycles. The van der Waals surface area contributed by atoms with E-state index in [1.165, 1.54) is 0 Å². The lowest BCUT2D eigenvalue weighted by molar-refractivity contribution is 0.447. The standard InChI is InChI=1S/C51H75N3O6/c1-13-16-19-22-31(4)40-25-34(7)43(37(10)46(40)55)28-52-49(58)53(29-44-35(8)26-41(47(56)38(44)11)32(5)23-20-17-14-2)51(60)54(50(52)59)30-45-36(9)27-42(48(57)39(45)12)33(6)24-21-18-15-3/h25-27,31-33,55-57H,13-24,28-30H2,1-12H3. The fourth-order valence-corrected chi connectivity index (χ4v) is 9.12. The Kier molecular flexibility index (Phi) is 17.1. The van der Waals surface area contributed by atoms with Crippen molar-refractivity contribution in [3.8, 4) is 17.2 Å². The highest BCUT2D eigenvalue weighted by atomic mass is 16.3. The Bertz CT molecular complexity index is 2030. The maximum Gasteiger partial charge on any atom is 0.336 e. The molecule has 0 fully saturated rings. The summed E-state index contributed by atoms with van der Waals surface area (Å²) >= 11 is 0. The molecule has 0 spiro atoms. The minimum absolute atomic E-state index is 0.132. The van der Waals surface area contributed by atoms with Crippen LogP contribution >= 0.6 is 0 Å². The van der Waals surface area contributed by atoms with Crippen LogP contribution in [0, 0.1) is 41.5 Å². The Morgan fingerprint density at radius 3 is 0.883 bits per heavy atom. The molecule has 9 heteroatoms. The molecule has 0 saturated carbocycles. The van der Waals surface area contributed by atoms with Gasteiger partial charge in [-0.1, -0.05) is 118 Å². The quantitative estimate of drug-likeness (QED) is 0.0718. The van der Waals surface area contributed by atoms with Gasteiger partial charge < -0.3 is 15.3 Å². The predicted octanol–water partition coefficient (Wildman–Crippen LogP) is 11.3. The second-order valence-corrected chi connectivity index (χ2v) is 18.0. The third-order valence-corrected chi connectivity index (χ3v) is 13.4. The van der Waals surface area contributed by atoms with E-state index in [9.17, 15) is 29.7 Å². The highest BCUT2D eigenvalue weighted by Crippen LogP contribution is 2.38. The molecule has 330 valence electrons. The average Bonchev–Trinajstić information content (AvgIpc) is 3.21. The van der Waals surface area contributed by atoms with Crippen molar-refractivity contribution in [1.82, 2.24) is 13.7 Å². The van der Waals surface area contributed by atoms with Gasteiger partial charge in [0, 0.05) is 0 Å². The summed E-state index contributed by atoms with van der Waals surface area (Å²) in [4.78, 5) is 43.9. The maximum atomic E-state index is 14.6. The van der Waals surface area contributed by atoms with Crippen LogP contribution in [0.5, 0.6) is 17.2 Å². The van der Waals surface area contributed by atoms with E-state index in [1.807, 2.05) is 59.7 Å². The summed E-state index contributed by atoms with van der Waals surface area (Å²) in [6.45, 7) is 23.7. The van der Waals surface area contributed by atoms with Gasteiger partial charge in [-0.3, -0.25) is 0 Å². The zero-order valence-corrected chi connectivity index (χ0v) is 39.0. The van der Waals surface area contributed by atoms with Gasteiger partial charge in [-0.15, -0.1) is 0 Å². The molecule has 3 aromatic carbocycles. The van der Waals surface area contributed by atoms with Gasteiger partial charge >= 0.3 is 17.1 Å². The highest BCUT2D eigenvalue weighted by Gasteiger charge is 2.25. The summed E-state index contributed by atoms with van der Waals surface area (Å²) in [5.74, 6) is 0.888. The van der Waals surface area contributed by atoms with Gasteiger partial charge in [0.05, 0.1) is 19.6 Å². The monoisotopic (exact) mass is 826 g/mol. The van der Waals surface area contributed by atoms with E-state index in [0.29, 0.717) is 33.4 Å². The topological polar surface area (TPSA) is 127 Å². The van der Waals surface area contributed by atoms with Gasteiger partial charge in [0.25, 0.3) is 0 Å². The van der Waals surface area contributed by atoms with Crippen molar-refractivity contribution in [2.75, 3.05) is 0 Å². The molecule has 1 aromatic heterocycles. The molecule has 3 unspecified atom stereocenters. The van der Waals surface area contributed by atoms with Gasteiger partial charge in [-0.05, 0) is 145 Å². The molecule has 9 nitrogen and oxygen atoms in total. The summed E-state index contributed by atoms with van der Waals surface area (Å²) in [5.41, 5.74) is 6.53. The minimum Gasteiger partial charge on any atom is -0.507 e. The summed E-state index contributed by atoms with van der Waals surface area (Å²) in [6, 6.07) is 5.90. The molecule has 4 aromatic rings. The van der Waals surface area contributed by atoms with Crippen molar-refractivity contribution in [3.63, 3.8) is 0 Å². The Morgan fingerprint density at radius 1 is 0.433 bits per heavy atom. The van der Waals surface area contributed by atoms with Gasteiger partial charge in [-0.25, -0.2) is 28.1 Å². The van der Waals surface area contributed by atoms with Gasteiger partial charge in [0.15, 0.2) is 0 Å². The highest BCUT2D eigenvalue weighted by molar-refractivity contribution is 5.52. The van der Waals surface area contributed by atoms with E-state index in [0.717, 1.165) is 124 Å². The number of hydrogen-bond donors (Lipinski definition) is 3. The van der Waals surface area contributed by atoms with E-state index in [-0.39, 0.29) is 54.6 Å². The summed E-state index contributed by atoms with van der Waals surface area (Å²) in [7, 11) is 0. The van der Waals surface area contributed by atoms with Crippen LogP contribution in [0.3, 0.4) is 0 Å². The van der Waals surface area contributed by atoms with Crippen molar-refractivity contribution in [2.45, 2.75) is 198 Å². The number of phenolic OH excluding ortho intramolecular Hbond substituents is 3. The average molecular weight is 826 g/mol. The number of benzene rings is 3. The normalized spacial score (nSPS) is 13.2. The second kappa shape index (κ2) is 21.3. The third kappa shape index (κ3) is 10.5.